The Kier molecular flexibility index (Phi) is 6.40. The third-order valence-corrected chi connectivity index (χ3v) is 6.41. The van der Waals surface area contributed by atoms with Crippen LogP contribution in [0.4, 0.5) is 0 Å². The smallest absolute Gasteiger partial charge is 0.257 e. The molecule has 0 N–H and O–H groups in total. The molecule has 2 heterocycles. The Balaban J connectivity index is 1.61. The fraction of sp³-hybridized carbons (Fsp3) is 0.417. The molecule has 0 aromatic heterocycles. The highest BCUT2D eigenvalue weighted by molar-refractivity contribution is 6.31. The van der Waals surface area contributed by atoms with Crippen LogP contribution in [-0.4, -0.2) is 48.3 Å². The van der Waals surface area contributed by atoms with E-state index in [0.717, 1.165) is 54.4 Å². The fourth-order valence-electron chi connectivity index (χ4n) is 4.19. The Morgan fingerprint density at radius 1 is 1.17 bits per heavy atom. The molecule has 4 rings (SSSR count). The van der Waals surface area contributed by atoms with Crippen LogP contribution in [0.1, 0.15) is 43.4 Å². The van der Waals surface area contributed by atoms with E-state index in [1.807, 2.05) is 48.5 Å². The zero-order valence-corrected chi connectivity index (χ0v) is 18.3. The van der Waals surface area contributed by atoms with E-state index in [2.05, 4.69) is 11.8 Å². The van der Waals surface area contributed by atoms with E-state index in [4.69, 9.17) is 21.4 Å². The van der Waals surface area contributed by atoms with Crippen LogP contribution in [0.25, 0.3) is 0 Å². The number of rotatable bonds is 5. The Labute approximate surface area is 183 Å². The van der Waals surface area contributed by atoms with Crippen molar-refractivity contribution in [1.82, 2.24) is 9.91 Å². The summed E-state index contributed by atoms with van der Waals surface area (Å²) in [7, 11) is 1.65. The van der Waals surface area contributed by atoms with Gasteiger partial charge < -0.3 is 4.74 Å². The average Bonchev–Trinajstić information content (AvgIpc) is 3.21. The van der Waals surface area contributed by atoms with Gasteiger partial charge in [-0.3, -0.25) is 9.69 Å². The van der Waals surface area contributed by atoms with E-state index < -0.39 is 0 Å². The molecule has 0 unspecified atom stereocenters. The number of likely N-dealkylation sites (tertiary alicyclic amines) is 1. The van der Waals surface area contributed by atoms with Crippen LogP contribution in [-0.2, 0) is 4.79 Å². The number of hydrogen-bond acceptors (Lipinski definition) is 4. The topological polar surface area (TPSA) is 45.1 Å². The largest absolute Gasteiger partial charge is 0.497 e. The number of ether oxygens (including phenoxy) is 1. The summed E-state index contributed by atoms with van der Waals surface area (Å²) in [6.07, 6.45) is 2.90. The highest BCUT2D eigenvalue weighted by Crippen LogP contribution is 2.36. The van der Waals surface area contributed by atoms with E-state index in [1.54, 1.807) is 12.1 Å². The molecule has 1 amide bonds. The summed E-state index contributed by atoms with van der Waals surface area (Å²) in [5, 5.41) is 7.08. The van der Waals surface area contributed by atoms with Gasteiger partial charge in [-0.15, -0.1) is 0 Å². The van der Waals surface area contributed by atoms with E-state index in [-0.39, 0.29) is 11.9 Å². The lowest BCUT2D eigenvalue weighted by Crippen LogP contribution is -2.41. The van der Waals surface area contributed by atoms with Crippen LogP contribution < -0.4 is 4.74 Å². The maximum absolute atomic E-state index is 13.3. The molecule has 0 bridgehead atoms. The van der Waals surface area contributed by atoms with Crippen molar-refractivity contribution < 1.29 is 9.53 Å². The molecule has 2 aliphatic rings. The van der Waals surface area contributed by atoms with Crippen molar-refractivity contribution in [2.45, 2.75) is 32.2 Å². The minimum absolute atomic E-state index is 0.0207. The van der Waals surface area contributed by atoms with Crippen LogP contribution in [0.2, 0.25) is 5.02 Å². The van der Waals surface area contributed by atoms with Gasteiger partial charge in [0, 0.05) is 17.0 Å². The lowest BCUT2D eigenvalue weighted by Gasteiger charge is -2.31. The van der Waals surface area contributed by atoms with Crippen molar-refractivity contribution in [3.05, 3.63) is 64.7 Å². The minimum Gasteiger partial charge on any atom is -0.497 e. The monoisotopic (exact) mass is 425 g/mol. The van der Waals surface area contributed by atoms with Gasteiger partial charge in [0.25, 0.3) is 5.91 Å². The van der Waals surface area contributed by atoms with Crippen LogP contribution in [0.3, 0.4) is 0 Å². The number of piperidine rings is 1. The van der Waals surface area contributed by atoms with Crippen molar-refractivity contribution in [3.63, 3.8) is 0 Å². The zero-order valence-electron chi connectivity index (χ0n) is 17.6. The first kappa shape index (κ1) is 20.9. The summed E-state index contributed by atoms with van der Waals surface area (Å²) in [6.45, 7) is 4.59. The molecular formula is C24H28ClN3O2. The molecule has 0 spiro atoms. The molecule has 1 fully saturated rings. The zero-order chi connectivity index (χ0) is 21.1. The predicted molar refractivity (Wildman–Crippen MR) is 120 cm³/mol. The number of methoxy groups -OCH3 is 1. The number of benzene rings is 2. The van der Waals surface area contributed by atoms with Gasteiger partial charge in [-0.1, -0.05) is 48.9 Å². The summed E-state index contributed by atoms with van der Waals surface area (Å²) in [4.78, 5) is 15.5. The molecule has 1 atom stereocenters. The molecule has 5 nitrogen and oxygen atoms in total. The van der Waals surface area contributed by atoms with Gasteiger partial charge in [-0.25, -0.2) is 5.01 Å². The van der Waals surface area contributed by atoms with Crippen molar-refractivity contribution in [1.29, 1.82) is 0 Å². The first-order chi connectivity index (χ1) is 14.5. The summed E-state index contributed by atoms with van der Waals surface area (Å²) in [5.41, 5.74) is 2.77. The molecule has 0 radical (unpaired) electrons. The summed E-state index contributed by atoms with van der Waals surface area (Å²) >= 11 is 6.50. The maximum Gasteiger partial charge on any atom is 0.257 e. The van der Waals surface area contributed by atoms with Gasteiger partial charge >= 0.3 is 0 Å². The molecule has 2 aromatic carbocycles. The van der Waals surface area contributed by atoms with E-state index in [0.29, 0.717) is 18.0 Å². The second kappa shape index (κ2) is 9.19. The lowest BCUT2D eigenvalue weighted by molar-refractivity contribution is -0.134. The summed E-state index contributed by atoms with van der Waals surface area (Å²) < 4.78 is 5.37. The number of hydrogen-bond donors (Lipinski definition) is 0. The quantitative estimate of drug-likeness (QED) is 0.693. The number of carbonyl (C=O) groups excluding carboxylic acids is 1. The first-order valence-electron chi connectivity index (χ1n) is 10.6. The van der Waals surface area contributed by atoms with E-state index in [1.165, 1.54) is 0 Å². The van der Waals surface area contributed by atoms with Crippen LogP contribution in [0.5, 0.6) is 5.75 Å². The molecular weight excluding hydrogens is 398 g/mol. The molecule has 158 valence electrons. The first-order valence-corrected chi connectivity index (χ1v) is 10.9. The Hall–Kier alpha value is -2.37. The highest BCUT2D eigenvalue weighted by Gasteiger charge is 2.35. The van der Waals surface area contributed by atoms with E-state index in [9.17, 15) is 4.79 Å². The summed E-state index contributed by atoms with van der Waals surface area (Å²) in [5.74, 6) is 1.53. The molecule has 0 saturated carbocycles. The molecule has 1 saturated heterocycles. The third-order valence-electron chi connectivity index (χ3n) is 6.07. The number of halogens is 1. The van der Waals surface area contributed by atoms with Crippen LogP contribution in [0.15, 0.2) is 53.6 Å². The number of carbonyl (C=O) groups is 1. The van der Waals surface area contributed by atoms with Crippen LogP contribution >= 0.6 is 11.6 Å². The van der Waals surface area contributed by atoms with Crippen molar-refractivity contribution in [3.8, 4) is 5.75 Å². The minimum atomic E-state index is -0.198. The lowest BCUT2D eigenvalue weighted by atomic mass is 9.98. The Morgan fingerprint density at radius 2 is 1.93 bits per heavy atom. The fourth-order valence-corrected chi connectivity index (χ4v) is 4.45. The number of hydrazone groups is 1. The second-order valence-corrected chi connectivity index (χ2v) is 8.62. The molecule has 2 aliphatic heterocycles. The van der Waals surface area contributed by atoms with Crippen molar-refractivity contribution >= 4 is 23.2 Å². The summed E-state index contributed by atoms with van der Waals surface area (Å²) in [6, 6.07) is 15.3. The molecule has 0 aliphatic carbocycles. The Morgan fingerprint density at radius 3 is 2.67 bits per heavy atom. The van der Waals surface area contributed by atoms with Crippen LogP contribution in [0, 0.1) is 5.92 Å². The molecule has 6 heteroatoms. The standard InChI is InChI=1S/C24H28ClN3O2/c1-17-10-12-27(13-11-17)16-24(29)28-23(20-8-3-4-9-21(20)25)15-22(26-28)18-6-5-7-19(14-18)30-2/h3-9,14,17,23H,10-13,15-16H2,1-2H3/t23-/m1/s1. The van der Waals surface area contributed by atoms with Gasteiger partial charge in [0.05, 0.1) is 25.4 Å². The number of nitrogens with zero attached hydrogens (tertiary/aromatic N) is 3. The normalized spacial score (nSPS) is 20.3. The average molecular weight is 426 g/mol. The third kappa shape index (κ3) is 4.52. The van der Waals surface area contributed by atoms with E-state index >= 15 is 0 Å². The maximum atomic E-state index is 13.3. The Bertz CT molecular complexity index is 938. The molecule has 2 aromatic rings. The van der Waals surface area contributed by atoms with Crippen molar-refractivity contribution in [2.24, 2.45) is 11.0 Å². The molecule has 30 heavy (non-hydrogen) atoms. The van der Waals surface area contributed by atoms with Gasteiger partial charge in [0.2, 0.25) is 0 Å². The second-order valence-electron chi connectivity index (χ2n) is 8.22. The number of amides is 1. The highest BCUT2D eigenvalue weighted by atomic mass is 35.5. The van der Waals surface area contributed by atoms with Gasteiger partial charge in [0.15, 0.2) is 0 Å². The SMILES string of the molecule is COc1cccc(C2=NN(C(=O)CN3CCC(C)CC3)[C@@H](c3ccccc3Cl)C2)c1. The van der Waals surface area contributed by atoms with Gasteiger partial charge in [-0.2, -0.15) is 5.10 Å². The predicted octanol–water partition coefficient (Wildman–Crippen LogP) is 4.76. The van der Waals surface area contributed by atoms with Gasteiger partial charge in [0.1, 0.15) is 5.75 Å². The van der Waals surface area contributed by atoms with Crippen molar-refractivity contribution in [2.75, 3.05) is 26.7 Å². The van der Waals surface area contributed by atoms with Gasteiger partial charge in [-0.05, 0) is 55.6 Å².